The lowest BCUT2D eigenvalue weighted by Gasteiger charge is -2.07. The maximum Gasteiger partial charge on any atom is 0.150 e. The summed E-state index contributed by atoms with van der Waals surface area (Å²) in [4.78, 5) is 3.51. The van der Waals surface area contributed by atoms with E-state index in [2.05, 4.69) is 17.2 Å². The van der Waals surface area contributed by atoms with Crippen LogP contribution in [0.3, 0.4) is 0 Å². The van der Waals surface area contributed by atoms with Crippen molar-refractivity contribution in [3.63, 3.8) is 0 Å². The van der Waals surface area contributed by atoms with Crippen LogP contribution < -0.4 is 0 Å². The summed E-state index contributed by atoms with van der Waals surface area (Å²) in [6.45, 7) is 2.03. The summed E-state index contributed by atoms with van der Waals surface area (Å²) in [6, 6.07) is 17.6. The molecule has 3 aromatic carbocycles. The zero-order valence-corrected chi connectivity index (χ0v) is 13.7. The molecule has 0 aliphatic rings. The van der Waals surface area contributed by atoms with E-state index in [-0.39, 0.29) is 11.3 Å². The minimum Gasteiger partial charge on any atom is -0.206 e. The lowest BCUT2D eigenvalue weighted by Crippen LogP contribution is -1.88. The highest BCUT2D eigenvalue weighted by Gasteiger charge is 2.11. The van der Waals surface area contributed by atoms with E-state index in [9.17, 15) is 8.78 Å². The number of aryl methyl sites for hydroxylation is 1. The molecule has 3 aromatic rings. The van der Waals surface area contributed by atoms with E-state index < -0.39 is 11.6 Å². The lowest BCUT2D eigenvalue weighted by atomic mass is 9.99. The summed E-state index contributed by atoms with van der Waals surface area (Å²) >= 11 is 4.43. The second-order valence-corrected chi connectivity index (χ2v) is 5.61. The van der Waals surface area contributed by atoms with Gasteiger partial charge in [0.25, 0.3) is 0 Å². The number of aliphatic imine (C=N–C) groups is 1. The van der Waals surface area contributed by atoms with Crippen molar-refractivity contribution in [2.45, 2.75) is 6.92 Å². The van der Waals surface area contributed by atoms with Gasteiger partial charge in [0.05, 0.1) is 5.16 Å². The van der Waals surface area contributed by atoms with Gasteiger partial charge in [-0.15, -0.1) is 0 Å². The Labute approximate surface area is 144 Å². The number of isothiocyanates is 1. The van der Waals surface area contributed by atoms with Crippen LogP contribution in [0.2, 0.25) is 0 Å². The van der Waals surface area contributed by atoms with Crippen LogP contribution in [0.5, 0.6) is 0 Å². The van der Waals surface area contributed by atoms with Gasteiger partial charge in [0.2, 0.25) is 0 Å². The van der Waals surface area contributed by atoms with Crippen LogP contribution in [0.15, 0.2) is 65.7 Å². The maximum absolute atomic E-state index is 14.2. The average Bonchev–Trinajstić information content (AvgIpc) is 2.59. The van der Waals surface area contributed by atoms with E-state index in [0.29, 0.717) is 5.56 Å². The standard InChI is InChI=1S/C20H13F2NS/c1-13-2-4-14(5-3-13)15-6-8-16(9-7-15)17-10-19(22)20(23-12-24)11-18(17)21/h2-11H,1H3. The lowest BCUT2D eigenvalue weighted by molar-refractivity contribution is 0.605. The summed E-state index contributed by atoms with van der Waals surface area (Å²) in [5, 5.41) is 2.04. The molecule has 118 valence electrons. The van der Waals surface area contributed by atoms with Gasteiger partial charge in [-0.3, -0.25) is 0 Å². The summed E-state index contributed by atoms with van der Waals surface area (Å²) < 4.78 is 28.2. The molecule has 0 fully saturated rings. The summed E-state index contributed by atoms with van der Waals surface area (Å²) in [5.74, 6) is -1.19. The molecular weight excluding hydrogens is 324 g/mol. The van der Waals surface area contributed by atoms with Crippen molar-refractivity contribution in [1.29, 1.82) is 0 Å². The fourth-order valence-electron chi connectivity index (χ4n) is 2.48. The van der Waals surface area contributed by atoms with Gasteiger partial charge in [-0.2, -0.15) is 4.99 Å². The highest BCUT2D eigenvalue weighted by Crippen LogP contribution is 2.30. The highest BCUT2D eigenvalue weighted by molar-refractivity contribution is 7.78. The van der Waals surface area contributed by atoms with Gasteiger partial charge < -0.3 is 0 Å². The Balaban J connectivity index is 1.98. The molecule has 0 saturated carbocycles. The fourth-order valence-corrected chi connectivity index (χ4v) is 2.58. The number of thiocarbonyl (C=S) groups is 1. The number of halogens is 2. The molecule has 0 amide bonds. The van der Waals surface area contributed by atoms with Crippen molar-refractivity contribution < 1.29 is 8.78 Å². The van der Waals surface area contributed by atoms with Crippen LogP contribution in [-0.4, -0.2) is 5.16 Å². The first-order valence-corrected chi connectivity index (χ1v) is 7.73. The topological polar surface area (TPSA) is 12.4 Å². The van der Waals surface area contributed by atoms with Crippen molar-refractivity contribution in [2.75, 3.05) is 0 Å². The first kappa shape index (κ1) is 16.2. The van der Waals surface area contributed by atoms with Crippen molar-refractivity contribution in [3.05, 3.63) is 77.9 Å². The van der Waals surface area contributed by atoms with E-state index in [0.717, 1.165) is 23.3 Å². The van der Waals surface area contributed by atoms with E-state index in [4.69, 9.17) is 0 Å². The van der Waals surface area contributed by atoms with Gasteiger partial charge in [-0.05, 0) is 41.9 Å². The SMILES string of the molecule is Cc1ccc(-c2ccc(-c3cc(F)c(N=C=S)cc3F)cc2)cc1. The van der Waals surface area contributed by atoms with Crippen molar-refractivity contribution in [1.82, 2.24) is 0 Å². The third kappa shape index (κ3) is 3.30. The van der Waals surface area contributed by atoms with Crippen LogP contribution >= 0.6 is 12.2 Å². The van der Waals surface area contributed by atoms with Gasteiger partial charge in [-0.25, -0.2) is 8.78 Å². The monoisotopic (exact) mass is 337 g/mol. The Hall–Kier alpha value is -2.68. The fraction of sp³-hybridized carbons (Fsp3) is 0.0500. The second-order valence-electron chi connectivity index (χ2n) is 5.43. The minimum absolute atomic E-state index is 0.150. The molecule has 0 saturated heterocycles. The third-order valence-electron chi connectivity index (χ3n) is 3.78. The summed E-state index contributed by atoms with van der Waals surface area (Å²) in [6.07, 6.45) is 0. The molecule has 0 radical (unpaired) electrons. The molecule has 0 aromatic heterocycles. The smallest absolute Gasteiger partial charge is 0.150 e. The zero-order valence-electron chi connectivity index (χ0n) is 12.9. The van der Waals surface area contributed by atoms with Crippen LogP contribution in [0.1, 0.15) is 5.56 Å². The number of hydrogen-bond donors (Lipinski definition) is 0. The predicted octanol–water partition coefficient (Wildman–Crippen LogP) is 6.34. The Morgan fingerprint density at radius 1 is 0.792 bits per heavy atom. The Morgan fingerprint density at radius 3 is 1.92 bits per heavy atom. The Bertz CT molecular complexity index is 925. The molecule has 0 unspecified atom stereocenters. The van der Waals surface area contributed by atoms with E-state index in [1.165, 1.54) is 5.56 Å². The number of benzene rings is 3. The molecule has 0 bridgehead atoms. The summed E-state index contributed by atoms with van der Waals surface area (Å²) in [5.41, 5.74) is 3.91. The van der Waals surface area contributed by atoms with Gasteiger partial charge >= 0.3 is 0 Å². The molecule has 0 heterocycles. The maximum atomic E-state index is 14.2. The van der Waals surface area contributed by atoms with Gasteiger partial charge in [0.1, 0.15) is 17.3 Å². The highest BCUT2D eigenvalue weighted by atomic mass is 32.1. The first-order chi connectivity index (χ1) is 11.6. The first-order valence-electron chi connectivity index (χ1n) is 7.33. The molecule has 0 N–H and O–H groups in total. The van der Waals surface area contributed by atoms with Crippen LogP contribution in [-0.2, 0) is 0 Å². The molecule has 0 spiro atoms. The molecule has 4 heteroatoms. The Kier molecular flexibility index (Phi) is 4.61. The molecule has 1 nitrogen and oxygen atoms in total. The molecule has 3 rings (SSSR count). The second kappa shape index (κ2) is 6.83. The minimum atomic E-state index is -0.633. The van der Waals surface area contributed by atoms with Crippen molar-refractivity contribution in [2.24, 2.45) is 4.99 Å². The van der Waals surface area contributed by atoms with E-state index in [1.54, 1.807) is 12.1 Å². The van der Waals surface area contributed by atoms with Gasteiger partial charge in [0, 0.05) is 11.6 Å². The number of hydrogen-bond acceptors (Lipinski definition) is 2. The number of nitrogens with zero attached hydrogens (tertiary/aromatic N) is 1. The van der Waals surface area contributed by atoms with Gasteiger partial charge in [0.15, 0.2) is 0 Å². The van der Waals surface area contributed by atoms with E-state index in [1.807, 2.05) is 48.5 Å². The molecule has 0 aliphatic carbocycles. The Morgan fingerprint density at radius 2 is 1.33 bits per heavy atom. The normalized spacial score (nSPS) is 10.3. The van der Waals surface area contributed by atoms with Crippen molar-refractivity contribution in [3.8, 4) is 22.3 Å². The molecule has 0 atom stereocenters. The molecule has 0 aliphatic heterocycles. The predicted molar refractivity (Wildman–Crippen MR) is 96.7 cm³/mol. The van der Waals surface area contributed by atoms with Crippen molar-refractivity contribution >= 4 is 23.1 Å². The van der Waals surface area contributed by atoms with Gasteiger partial charge in [-0.1, -0.05) is 54.1 Å². The number of rotatable bonds is 3. The van der Waals surface area contributed by atoms with Crippen LogP contribution in [0, 0.1) is 18.6 Å². The quantitative estimate of drug-likeness (QED) is 0.401. The van der Waals surface area contributed by atoms with Crippen LogP contribution in [0.4, 0.5) is 14.5 Å². The molecular formula is C20H13F2NS. The largest absolute Gasteiger partial charge is 0.206 e. The summed E-state index contributed by atoms with van der Waals surface area (Å²) in [7, 11) is 0. The molecule has 24 heavy (non-hydrogen) atoms. The average molecular weight is 337 g/mol. The third-order valence-corrected chi connectivity index (χ3v) is 3.87. The zero-order chi connectivity index (χ0) is 17.1. The van der Waals surface area contributed by atoms with Crippen LogP contribution in [0.25, 0.3) is 22.3 Å². The van der Waals surface area contributed by atoms with E-state index >= 15 is 0 Å².